The Morgan fingerprint density at radius 1 is 1.56 bits per heavy atom. The van der Waals surface area contributed by atoms with E-state index in [0.29, 0.717) is 16.0 Å². The number of thioether (sulfide) groups is 1. The maximum Gasteiger partial charge on any atom is 0.161 e. The van der Waals surface area contributed by atoms with E-state index in [9.17, 15) is 0 Å². The second kappa shape index (κ2) is 4.97. The Morgan fingerprint density at radius 3 is 2.94 bits per heavy atom. The molecule has 1 aliphatic heterocycles. The Labute approximate surface area is 104 Å². The lowest BCUT2D eigenvalue weighted by atomic mass is 10.3. The Hall–Kier alpha value is -0.870. The Morgan fingerprint density at radius 2 is 2.38 bits per heavy atom. The molecule has 0 fully saturated rings. The largest absolute Gasteiger partial charge is 0.495 e. The van der Waals surface area contributed by atoms with Gasteiger partial charge in [0.15, 0.2) is 5.17 Å². The molecule has 0 aliphatic carbocycles. The van der Waals surface area contributed by atoms with Gasteiger partial charge in [0.25, 0.3) is 0 Å². The number of hydrogen-bond donors (Lipinski definition) is 1. The van der Waals surface area contributed by atoms with Crippen molar-refractivity contribution in [1.29, 1.82) is 0 Å². The van der Waals surface area contributed by atoms with Crippen LogP contribution in [0.4, 0.5) is 5.69 Å². The molecule has 1 atom stereocenters. The fourth-order valence-corrected chi connectivity index (χ4v) is 2.53. The predicted octanol–water partition coefficient (Wildman–Crippen LogP) is 3.25. The fraction of sp³-hybridized carbons (Fsp3) is 0.364. The summed E-state index contributed by atoms with van der Waals surface area (Å²) in [7, 11) is 1.60. The third-order valence-corrected chi connectivity index (χ3v) is 3.51. The minimum atomic E-state index is 0.552. The van der Waals surface area contributed by atoms with E-state index >= 15 is 0 Å². The van der Waals surface area contributed by atoms with Gasteiger partial charge in [0.1, 0.15) is 5.75 Å². The fourth-order valence-electron chi connectivity index (χ4n) is 1.41. The van der Waals surface area contributed by atoms with Gasteiger partial charge in [-0.05, 0) is 18.2 Å². The lowest BCUT2D eigenvalue weighted by molar-refractivity contribution is 0.415. The van der Waals surface area contributed by atoms with E-state index in [1.165, 1.54) is 0 Å². The van der Waals surface area contributed by atoms with Crippen molar-refractivity contribution >= 4 is 34.2 Å². The van der Waals surface area contributed by atoms with E-state index in [2.05, 4.69) is 17.2 Å². The molecule has 0 radical (unpaired) electrons. The van der Waals surface area contributed by atoms with Gasteiger partial charge in [-0.1, -0.05) is 30.3 Å². The number of aliphatic imine (C=N–C) groups is 1. The zero-order chi connectivity index (χ0) is 11.5. The van der Waals surface area contributed by atoms with Crippen LogP contribution >= 0.6 is 23.4 Å². The monoisotopic (exact) mass is 256 g/mol. The number of nitrogens with zero attached hydrogens (tertiary/aromatic N) is 1. The zero-order valence-corrected chi connectivity index (χ0v) is 10.7. The molecule has 1 N–H and O–H groups in total. The molecule has 0 saturated carbocycles. The number of anilines is 1. The highest BCUT2D eigenvalue weighted by Gasteiger charge is 2.15. The van der Waals surface area contributed by atoms with Crippen molar-refractivity contribution in [3.63, 3.8) is 0 Å². The average molecular weight is 257 g/mol. The maximum atomic E-state index is 6.03. The molecule has 16 heavy (non-hydrogen) atoms. The van der Waals surface area contributed by atoms with Crippen molar-refractivity contribution < 1.29 is 4.74 Å². The van der Waals surface area contributed by atoms with Gasteiger partial charge in [0.2, 0.25) is 0 Å². The van der Waals surface area contributed by atoms with Crippen LogP contribution in [0, 0.1) is 0 Å². The summed E-state index contributed by atoms with van der Waals surface area (Å²) in [5.41, 5.74) is 0.936. The molecule has 1 heterocycles. The van der Waals surface area contributed by atoms with Crippen LogP contribution in [-0.4, -0.2) is 24.1 Å². The molecule has 1 aliphatic rings. The first-order chi connectivity index (χ1) is 7.69. The summed E-state index contributed by atoms with van der Waals surface area (Å²) in [5, 5.41) is 5.34. The Bertz CT molecular complexity index is 422. The second-order valence-corrected chi connectivity index (χ2v) is 5.38. The number of nitrogens with one attached hydrogen (secondary N) is 1. The topological polar surface area (TPSA) is 33.6 Å². The quantitative estimate of drug-likeness (QED) is 0.882. The molecular weight excluding hydrogens is 244 g/mol. The van der Waals surface area contributed by atoms with Gasteiger partial charge in [-0.25, -0.2) is 0 Å². The molecular formula is C11H13ClN2OS. The highest BCUT2D eigenvalue weighted by Crippen LogP contribution is 2.29. The predicted molar refractivity (Wildman–Crippen MR) is 71.0 cm³/mol. The van der Waals surface area contributed by atoms with Crippen LogP contribution in [-0.2, 0) is 0 Å². The first-order valence-corrected chi connectivity index (χ1v) is 6.26. The van der Waals surface area contributed by atoms with Crippen LogP contribution in [0.25, 0.3) is 0 Å². The smallest absolute Gasteiger partial charge is 0.161 e. The van der Waals surface area contributed by atoms with E-state index in [-0.39, 0.29) is 0 Å². The first-order valence-electron chi connectivity index (χ1n) is 5.00. The van der Waals surface area contributed by atoms with E-state index < -0.39 is 0 Å². The molecule has 2 rings (SSSR count). The van der Waals surface area contributed by atoms with Crippen LogP contribution in [0.15, 0.2) is 23.2 Å². The SMILES string of the molecule is COc1ccc(NC2=NCC(C)S2)cc1Cl. The lowest BCUT2D eigenvalue weighted by Crippen LogP contribution is -2.05. The third kappa shape index (κ3) is 2.62. The number of hydrogen-bond acceptors (Lipinski definition) is 4. The molecule has 0 saturated heterocycles. The van der Waals surface area contributed by atoms with Crippen molar-refractivity contribution in [1.82, 2.24) is 0 Å². The third-order valence-electron chi connectivity index (χ3n) is 2.21. The molecule has 1 aromatic carbocycles. The number of halogens is 1. The van der Waals surface area contributed by atoms with E-state index in [1.54, 1.807) is 18.9 Å². The summed E-state index contributed by atoms with van der Waals surface area (Å²) >= 11 is 7.77. The normalized spacial score (nSPS) is 19.4. The minimum Gasteiger partial charge on any atom is -0.495 e. The van der Waals surface area contributed by atoms with E-state index in [0.717, 1.165) is 17.4 Å². The highest BCUT2D eigenvalue weighted by atomic mass is 35.5. The Balaban J connectivity index is 2.08. The summed E-state index contributed by atoms with van der Waals surface area (Å²) in [6, 6.07) is 5.61. The molecule has 3 nitrogen and oxygen atoms in total. The average Bonchev–Trinajstić information content (AvgIpc) is 2.64. The van der Waals surface area contributed by atoms with Gasteiger partial charge in [0, 0.05) is 10.9 Å². The van der Waals surface area contributed by atoms with Crippen molar-refractivity contribution in [2.75, 3.05) is 19.0 Å². The van der Waals surface area contributed by atoms with E-state index in [1.807, 2.05) is 18.2 Å². The van der Waals surface area contributed by atoms with Gasteiger partial charge >= 0.3 is 0 Å². The van der Waals surface area contributed by atoms with Crippen LogP contribution in [0.5, 0.6) is 5.75 Å². The summed E-state index contributed by atoms with van der Waals surface area (Å²) in [5.74, 6) is 0.682. The summed E-state index contributed by atoms with van der Waals surface area (Å²) in [6.07, 6.45) is 0. The van der Waals surface area contributed by atoms with Crippen molar-refractivity contribution in [3.8, 4) is 5.75 Å². The molecule has 1 unspecified atom stereocenters. The van der Waals surface area contributed by atoms with Crippen LogP contribution in [0.1, 0.15) is 6.92 Å². The molecule has 5 heteroatoms. The standard InChI is InChI=1S/C11H13ClN2OS/c1-7-6-13-11(16-7)14-8-3-4-10(15-2)9(12)5-8/h3-5,7H,6H2,1-2H3,(H,13,14). The van der Waals surface area contributed by atoms with Gasteiger partial charge in [-0.15, -0.1) is 0 Å². The van der Waals surface area contributed by atoms with Crippen molar-refractivity contribution in [3.05, 3.63) is 23.2 Å². The van der Waals surface area contributed by atoms with Gasteiger partial charge in [0.05, 0.1) is 18.7 Å². The number of ether oxygens (including phenoxy) is 1. The lowest BCUT2D eigenvalue weighted by Gasteiger charge is -2.08. The van der Waals surface area contributed by atoms with Crippen LogP contribution < -0.4 is 10.1 Å². The second-order valence-electron chi connectivity index (χ2n) is 3.55. The van der Waals surface area contributed by atoms with E-state index in [4.69, 9.17) is 16.3 Å². The molecule has 0 spiro atoms. The summed E-state index contributed by atoms with van der Waals surface area (Å²) in [6.45, 7) is 3.03. The Kier molecular flexibility index (Phi) is 3.61. The molecule has 0 amide bonds. The maximum absolute atomic E-state index is 6.03. The van der Waals surface area contributed by atoms with Gasteiger partial charge < -0.3 is 10.1 Å². The first kappa shape index (κ1) is 11.6. The number of benzene rings is 1. The number of rotatable bonds is 2. The van der Waals surface area contributed by atoms with Gasteiger partial charge in [-0.2, -0.15) is 0 Å². The molecule has 86 valence electrons. The molecule has 1 aromatic rings. The van der Waals surface area contributed by atoms with Crippen molar-refractivity contribution in [2.45, 2.75) is 12.2 Å². The molecule has 0 aromatic heterocycles. The van der Waals surface area contributed by atoms with Crippen molar-refractivity contribution in [2.24, 2.45) is 4.99 Å². The van der Waals surface area contributed by atoms with Gasteiger partial charge in [-0.3, -0.25) is 4.99 Å². The minimum absolute atomic E-state index is 0.552. The molecule has 0 bridgehead atoms. The zero-order valence-electron chi connectivity index (χ0n) is 9.16. The summed E-state index contributed by atoms with van der Waals surface area (Å²) in [4.78, 5) is 4.38. The number of methoxy groups -OCH3 is 1. The summed E-state index contributed by atoms with van der Waals surface area (Å²) < 4.78 is 5.09. The van der Waals surface area contributed by atoms with Crippen LogP contribution in [0.2, 0.25) is 5.02 Å². The number of amidine groups is 1. The van der Waals surface area contributed by atoms with Crippen LogP contribution in [0.3, 0.4) is 0 Å². The highest BCUT2D eigenvalue weighted by molar-refractivity contribution is 8.15.